The molecule has 0 spiro atoms. The van der Waals surface area contributed by atoms with E-state index in [1.54, 1.807) is 25.3 Å². The van der Waals surface area contributed by atoms with Crippen molar-refractivity contribution >= 4 is 0 Å². The topological polar surface area (TPSA) is 55.5 Å². The minimum atomic E-state index is 0.120. The molecule has 1 aromatic heterocycles. The Labute approximate surface area is 87.1 Å². The van der Waals surface area contributed by atoms with E-state index in [-0.39, 0.29) is 5.75 Å². The molecule has 0 amide bonds. The number of phenolic OH excluding ortho intramolecular Hbond substituents is 1. The molecule has 0 aliphatic carbocycles. The van der Waals surface area contributed by atoms with Crippen LogP contribution in [-0.4, -0.2) is 17.4 Å². The summed E-state index contributed by atoms with van der Waals surface area (Å²) in [6.07, 6.45) is 1.52. The monoisotopic (exact) mass is 205 g/mol. The summed E-state index contributed by atoms with van der Waals surface area (Å²) in [5.41, 5.74) is 1.47. The smallest absolute Gasteiger partial charge is 0.174 e. The van der Waals surface area contributed by atoms with Gasteiger partial charge in [0.1, 0.15) is 17.1 Å². The van der Waals surface area contributed by atoms with Gasteiger partial charge >= 0.3 is 0 Å². The fourth-order valence-electron chi connectivity index (χ4n) is 1.52. The lowest BCUT2D eigenvalue weighted by Crippen LogP contribution is -1.91. The molecule has 0 bridgehead atoms. The van der Waals surface area contributed by atoms with Gasteiger partial charge in [-0.3, -0.25) is 0 Å². The molecule has 0 saturated heterocycles. The largest absolute Gasteiger partial charge is 0.507 e. The van der Waals surface area contributed by atoms with Gasteiger partial charge in [0.2, 0.25) is 0 Å². The van der Waals surface area contributed by atoms with E-state index in [4.69, 9.17) is 9.26 Å². The maximum Gasteiger partial charge on any atom is 0.174 e. The minimum absolute atomic E-state index is 0.120. The van der Waals surface area contributed by atoms with Crippen LogP contribution < -0.4 is 4.74 Å². The van der Waals surface area contributed by atoms with Crippen LogP contribution in [0.3, 0.4) is 0 Å². The normalized spacial score (nSPS) is 10.3. The molecule has 1 aromatic carbocycles. The number of nitrogens with zero attached hydrogens (tertiary/aromatic N) is 1. The second kappa shape index (κ2) is 3.65. The number of aryl methyl sites for hydroxylation is 1. The van der Waals surface area contributed by atoms with Crippen LogP contribution in [-0.2, 0) is 0 Å². The lowest BCUT2D eigenvalue weighted by Gasteiger charge is -2.10. The number of aromatic nitrogens is 1. The number of rotatable bonds is 2. The summed E-state index contributed by atoms with van der Waals surface area (Å²) in [6, 6.07) is 5.07. The van der Waals surface area contributed by atoms with Gasteiger partial charge in [0.15, 0.2) is 5.76 Å². The first kappa shape index (κ1) is 9.58. The van der Waals surface area contributed by atoms with Crippen LogP contribution in [0.4, 0.5) is 0 Å². The fourth-order valence-corrected chi connectivity index (χ4v) is 1.52. The van der Waals surface area contributed by atoms with Crippen molar-refractivity contribution in [1.82, 2.24) is 5.16 Å². The Morgan fingerprint density at radius 1 is 1.33 bits per heavy atom. The average Bonchev–Trinajstić information content (AvgIpc) is 2.74. The van der Waals surface area contributed by atoms with E-state index in [1.165, 1.54) is 6.20 Å². The van der Waals surface area contributed by atoms with Crippen LogP contribution in [0.5, 0.6) is 11.5 Å². The summed E-state index contributed by atoms with van der Waals surface area (Å²) >= 11 is 0. The molecule has 0 unspecified atom stereocenters. The molecule has 15 heavy (non-hydrogen) atoms. The number of hydrogen-bond donors (Lipinski definition) is 1. The van der Waals surface area contributed by atoms with Gasteiger partial charge < -0.3 is 14.4 Å². The first-order chi connectivity index (χ1) is 7.24. The molecule has 0 aliphatic heterocycles. The van der Waals surface area contributed by atoms with Gasteiger partial charge in [-0.2, -0.15) is 0 Å². The van der Waals surface area contributed by atoms with E-state index in [0.717, 1.165) is 5.56 Å². The van der Waals surface area contributed by atoms with E-state index in [0.29, 0.717) is 17.1 Å². The summed E-state index contributed by atoms with van der Waals surface area (Å²) in [5, 5.41) is 13.4. The Morgan fingerprint density at radius 2 is 2.13 bits per heavy atom. The first-order valence-electron chi connectivity index (χ1n) is 4.51. The first-order valence-corrected chi connectivity index (χ1v) is 4.51. The molecule has 1 N–H and O–H groups in total. The SMILES string of the molecule is COc1c(C)ccc(O)c1-c1ccno1. The predicted octanol–water partition coefficient (Wildman–Crippen LogP) is 2.36. The minimum Gasteiger partial charge on any atom is -0.507 e. The molecule has 0 aliphatic rings. The third-order valence-corrected chi connectivity index (χ3v) is 2.22. The molecule has 0 radical (unpaired) electrons. The molecular weight excluding hydrogens is 194 g/mol. The Morgan fingerprint density at radius 3 is 2.73 bits per heavy atom. The standard InChI is InChI=1S/C11H11NO3/c1-7-3-4-8(13)10(11(7)14-2)9-5-6-12-15-9/h3-6,13H,1-2H3. The van der Waals surface area contributed by atoms with Gasteiger partial charge in [-0.1, -0.05) is 11.2 Å². The van der Waals surface area contributed by atoms with Crippen molar-refractivity contribution in [3.8, 4) is 22.8 Å². The number of phenols is 1. The number of ether oxygens (including phenoxy) is 1. The Kier molecular flexibility index (Phi) is 2.33. The fraction of sp³-hybridized carbons (Fsp3) is 0.182. The second-order valence-corrected chi connectivity index (χ2v) is 3.19. The molecular formula is C11H11NO3. The maximum absolute atomic E-state index is 9.75. The number of benzene rings is 1. The number of aromatic hydroxyl groups is 1. The third-order valence-electron chi connectivity index (χ3n) is 2.22. The zero-order valence-electron chi connectivity index (χ0n) is 8.52. The average molecular weight is 205 g/mol. The van der Waals surface area contributed by atoms with E-state index in [2.05, 4.69) is 5.16 Å². The van der Waals surface area contributed by atoms with E-state index in [9.17, 15) is 5.11 Å². The van der Waals surface area contributed by atoms with Crippen molar-refractivity contribution in [2.75, 3.05) is 7.11 Å². The van der Waals surface area contributed by atoms with Gasteiger partial charge in [0, 0.05) is 6.07 Å². The molecule has 2 aromatic rings. The highest BCUT2D eigenvalue weighted by Crippen LogP contribution is 2.39. The van der Waals surface area contributed by atoms with Crippen LogP contribution in [0.1, 0.15) is 5.56 Å². The van der Waals surface area contributed by atoms with E-state index in [1.807, 2.05) is 6.92 Å². The van der Waals surface area contributed by atoms with Crippen molar-refractivity contribution < 1.29 is 14.4 Å². The lowest BCUT2D eigenvalue weighted by molar-refractivity contribution is 0.395. The van der Waals surface area contributed by atoms with Crippen LogP contribution in [0.25, 0.3) is 11.3 Å². The van der Waals surface area contributed by atoms with Gasteiger partial charge in [0.25, 0.3) is 0 Å². The molecule has 2 rings (SSSR count). The summed E-state index contributed by atoms with van der Waals surface area (Å²) in [7, 11) is 1.56. The molecule has 78 valence electrons. The molecule has 0 saturated carbocycles. The maximum atomic E-state index is 9.75. The van der Waals surface area contributed by atoms with Gasteiger partial charge in [-0.15, -0.1) is 0 Å². The highest BCUT2D eigenvalue weighted by molar-refractivity contribution is 5.74. The van der Waals surface area contributed by atoms with Crippen molar-refractivity contribution in [2.24, 2.45) is 0 Å². The summed E-state index contributed by atoms with van der Waals surface area (Å²) in [5.74, 6) is 1.22. The highest BCUT2D eigenvalue weighted by Gasteiger charge is 2.16. The van der Waals surface area contributed by atoms with Crippen LogP contribution in [0.15, 0.2) is 28.9 Å². The zero-order chi connectivity index (χ0) is 10.8. The summed E-state index contributed by atoms with van der Waals surface area (Å²) in [6.45, 7) is 1.90. The van der Waals surface area contributed by atoms with Gasteiger partial charge in [0.05, 0.1) is 13.3 Å². The van der Waals surface area contributed by atoms with Gasteiger partial charge in [-0.25, -0.2) is 0 Å². The number of methoxy groups -OCH3 is 1. The van der Waals surface area contributed by atoms with E-state index < -0.39 is 0 Å². The van der Waals surface area contributed by atoms with Crippen molar-refractivity contribution in [3.63, 3.8) is 0 Å². The Hall–Kier alpha value is -1.97. The molecule has 4 nitrogen and oxygen atoms in total. The summed E-state index contributed by atoms with van der Waals surface area (Å²) in [4.78, 5) is 0. The predicted molar refractivity (Wildman–Crippen MR) is 54.9 cm³/mol. The van der Waals surface area contributed by atoms with E-state index >= 15 is 0 Å². The number of hydrogen-bond acceptors (Lipinski definition) is 4. The Balaban J connectivity index is 2.68. The van der Waals surface area contributed by atoms with Crippen LogP contribution in [0.2, 0.25) is 0 Å². The summed E-state index contributed by atoms with van der Waals surface area (Å²) < 4.78 is 10.2. The lowest BCUT2D eigenvalue weighted by atomic mass is 10.1. The van der Waals surface area contributed by atoms with Crippen molar-refractivity contribution in [2.45, 2.75) is 6.92 Å². The van der Waals surface area contributed by atoms with Crippen LogP contribution in [0, 0.1) is 6.92 Å². The molecule has 0 fully saturated rings. The van der Waals surface area contributed by atoms with Crippen LogP contribution >= 0.6 is 0 Å². The molecule has 4 heteroatoms. The molecule has 1 heterocycles. The van der Waals surface area contributed by atoms with Crippen molar-refractivity contribution in [1.29, 1.82) is 0 Å². The van der Waals surface area contributed by atoms with Crippen molar-refractivity contribution in [3.05, 3.63) is 30.0 Å². The zero-order valence-corrected chi connectivity index (χ0v) is 8.52. The molecule has 0 atom stereocenters. The Bertz CT molecular complexity index is 463. The highest BCUT2D eigenvalue weighted by atomic mass is 16.5. The third kappa shape index (κ3) is 1.54. The second-order valence-electron chi connectivity index (χ2n) is 3.19. The van der Waals surface area contributed by atoms with Gasteiger partial charge in [-0.05, 0) is 18.6 Å². The quantitative estimate of drug-likeness (QED) is 0.817.